The summed E-state index contributed by atoms with van der Waals surface area (Å²) in [5.74, 6) is 0.983. The third-order valence-corrected chi connectivity index (χ3v) is 7.35. The van der Waals surface area contributed by atoms with E-state index in [1.807, 2.05) is 24.3 Å². The van der Waals surface area contributed by atoms with Crippen molar-refractivity contribution < 1.29 is 19.4 Å². The van der Waals surface area contributed by atoms with Gasteiger partial charge < -0.3 is 24.9 Å². The van der Waals surface area contributed by atoms with Gasteiger partial charge in [-0.25, -0.2) is 9.78 Å². The zero-order valence-electron chi connectivity index (χ0n) is 20.6. The van der Waals surface area contributed by atoms with Crippen LogP contribution in [0, 0.1) is 10.6 Å². The van der Waals surface area contributed by atoms with Crippen LogP contribution < -0.4 is 10.0 Å². The number of nitrogens with one attached hydrogen (secondary N) is 1. The van der Waals surface area contributed by atoms with Crippen LogP contribution in [0.25, 0.3) is 21.9 Å². The quantitative estimate of drug-likeness (QED) is 0.295. The highest BCUT2D eigenvalue weighted by molar-refractivity contribution is 6.00. The van der Waals surface area contributed by atoms with Crippen LogP contribution in [0.5, 0.6) is 0 Å². The van der Waals surface area contributed by atoms with Gasteiger partial charge in [-0.05, 0) is 43.6 Å². The van der Waals surface area contributed by atoms with E-state index < -0.39 is 6.09 Å². The number of para-hydroxylation sites is 1. The highest BCUT2D eigenvalue weighted by Gasteiger charge is 2.46. The summed E-state index contributed by atoms with van der Waals surface area (Å²) in [6, 6.07) is 7.59. The van der Waals surface area contributed by atoms with Crippen molar-refractivity contribution in [1.82, 2.24) is 14.9 Å². The maximum atomic E-state index is 12.5. The maximum Gasteiger partial charge on any atom is 0.404 e. The maximum absolute atomic E-state index is 12.5. The molecule has 1 saturated heterocycles. The molecule has 184 valence electrons. The number of aryl methyl sites for hydroxylation is 2. The number of nitrogens with zero attached hydrogens (tertiary/aromatic N) is 3. The Morgan fingerprint density at radius 2 is 2.12 bits per heavy atom. The topological polar surface area (TPSA) is 103 Å². The first-order valence-corrected chi connectivity index (χ1v) is 12.3. The Morgan fingerprint density at radius 1 is 1.35 bits per heavy atom. The van der Waals surface area contributed by atoms with Gasteiger partial charge in [0.05, 0.1) is 16.5 Å². The molecule has 3 aromatic rings. The predicted molar refractivity (Wildman–Crippen MR) is 132 cm³/mol. The summed E-state index contributed by atoms with van der Waals surface area (Å²) in [6.45, 7) is 10.0. The Morgan fingerprint density at radius 3 is 2.82 bits per heavy atom. The number of benzene rings is 1. The van der Waals surface area contributed by atoms with E-state index in [4.69, 9.17) is 9.72 Å². The molecule has 0 saturated carbocycles. The summed E-state index contributed by atoms with van der Waals surface area (Å²) in [4.78, 5) is 16.0. The molecule has 0 bridgehead atoms. The number of aromatic nitrogens is 3. The first kappa shape index (κ1) is 24.3. The van der Waals surface area contributed by atoms with Crippen molar-refractivity contribution in [3.05, 3.63) is 41.5 Å². The number of hydrogen-bond donors (Lipinski definition) is 2. The van der Waals surface area contributed by atoms with Gasteiger partial charge in [-0.15, -0.1) is 0 Å². The highest BCUT2D eigenvalue weighted by atomic mass is 16.5. The third-order valence-electron chi connectivity index (χ3n) is 7.35. The van der Waals surface area contributed by atoms with Crippen LogP contribution in [0.3, 0.4) is 0 Å². The van der Waals surface area contributed by atoms with E-state index in [0.717, 1.165) is 59.2 Å². The number of unbranched alkanes of at least 4 members (excludes halogenated alkanes) is 1. The number of fused-ring (bicyclic) bond motifs is 3. The van der Waals surface area contributed by atoms with E-state index in [2.05, 4.69) is 37.6 Å². The van der Waals surface area contributed by atoms with E-state index in [-0.39, 0.29) is 17.1 Å². The Kier molecular flexibility index (Phi) is 6.71. The Bertz CT molecular complexity index is 1180. The highest BCUT2D eigenvalue weighted by Crippen LogP contribution is 2.44. The molecule has 1 fully saturated rings. The van der Waals surface area contributed by atoms with Crippen LogP contribution in [-0.4, -0.2) is 39.0 Å². The van der Waals surface area contributed by atoms with Crippen LogP contribution >= 0.6 is 0 Å². The van der Waals surface area contributed by atoms with E-state index >= 15 is 0 Å². The minimum Gasteiger partial charge on any atom is -0.618 e. The molecular weight excluding hydrogens is 432 g/mol. The van der Waals surface area contributed by atoms with Crippen LogP contribution in [0.2, 0.25) is 0 Å². The van der Waals surface area contributed by atoms with Crippen LogP contribution in [0.1, 0.15) is 65.6 Å². The molecule has 1 aliphatic rings. The monoisotopic (exact) mass is 468 g/mol. The standard InChI is InChI=1S/C26H36N4O4/c1-5-22-28-20-17-30(33)21-11-7-6-10-19(21)23(20)29(22)14-9-8-13-26(25(2,3)4)16-18(12-15-34-26)27-24(31)32/h6-7,10-11,17-18,27H,5,8-9,12-16H2,1-4H3,(H,31,32). The molecule has 2 atom stereocenters. The molecule has 4 rings (SSSR count). The lowest BCUT2D eigenvalue weighted by Gasteiger charge is -2.49. The SMILES string of the molecule is CCc1nc2c[n+]([O-])c3ccccc3c2n1CCCCC1(C(C)(C)C)CC(NC(=O)O)CCO1. The Hall–Kier alpha value is -2.87. The second-order valence-electron chi connectivity index (χ2n) is 10.4. The molecule has 0 aliphatic carbocycles. The fourth-order valence-corrected chi connectivity index (χ4v) is 5.46. The zero-order valence-corrected chi connectivity index (χ0v) is 20.6. The van der Waals surface area contributed by atoms with Gasteiger partial charge in [0.1, 0.15) is 5.82 Å². The third kappa shape index (κ3) is 4.56. The number of amides is 1. The first-order chi connectivity index (χ1) is 16.1. The molecule has 2 N–H and O–H groups in total. The fraction of sp³-hybridized carbons (Fsp3) is 0.577. The first-order valence-electron chi connectivity index (χ1n) is 12.3. The molecule has 2 unspecified atom stereocenters. The van der Waals surface area contributed by atoms with Gasteiger partial charge in [0.25, 0.3) is 0 Å². The Balaban J connectivity index is 1.54. The van der Waals surface area contributed by atoms with Crippen LogP contribution in [0.15, 0.2) is 30.5 Å². The van der Waals surface area contributed by atoms with Gasteiger partial charge in [-0.3, -0.25) is 0 Å². The largest absolute Gasteiger partial charge is 0.618 e. The molecule has 2 aromatic heterocycles. The molecule has 34 heavy (non-hydrogen) atoms. The Labute approximate surface area is 200 Å². The number of carbonyl (C=O) groups is 1. The van der Waals surface area contributed by atoms with Crippen molar-refractivity contribution >= 4 is 28.0 Å². The minimum atomic E-state index is -0.972. The summed E-state index contributed by atoms with van der Waals surface area (Å²) in [7, 11) is 0. The molecule has 3 heterocycles. The molecular formula is C26H36N4O4. The van der Waals surface area contributed by atoms with E-state index in [9.17, 15) is 15.1 Å². The van der Waals surface area contributed by atoms with Crippen molar-refractivity contribution in [3.63, 3.8) is 0 Å². The van der Waals surface area contributed by atoms with E-state index in [0.29, 0.717) is 25.0 Å². The second-order valence-corrected chi connectivity index (χ2v) is 10.4. The molecule has 8 nitrogen and oxygen atoms in total. The predicted octanol–water partition coefficient (Wildman–Crippen LogP) is 4.79. The van der Waals surface area contributed by atoms with Crippen molar-refractivity contribution in [1.29, 1.82) is 0 Å². The fourth-order valence-electron chi connectivity index (χ4n) is 5.46. The van der Waals surface area contributed by atoms with Crippen LogP contribution in [0.4, 0.5) is 4.79 Å². The van der Waals surface area contributed by atoms with Gasteiger partial charge >= 0.3 is 6.09 Å². The molecule has 8 heteroatoms. The molecule has 1 aliphatic heterocycles. The summed E-state index contributed by atoms with van der Waals surface area (Å²) in [5.41, 5.74) is 1.92. The number of carboxylic acid groups (broad SMARTS) is 1. The number of imidazole rings is 1. The average molecular weight is 469 g/mol. The van der Waals surface area contributed by atoms with E-state index in [1.165, 1.54) is 0 Å². The summed E-state index contributed by atoms with van der Waals surface area (Å²) < 4.78 is 9.54. The molecule has 0 spiro atoms. The van der Waals surface area contributed by atoms with Gasteiger partial charge in [0.15, 0.2) is 5.52 Å². The summed E-state index contributed by atoms with van der Waals surface area (Å²) >= 11 is 0. The second kappa shape index (κ2) is 9.41. The molecule has 0 radical (unpaired) electrons. The van der Waals surface area contributed by atoms with Crippen LogP contribution in [-0.2, 0) is 17.7 Å². The molecule has 1 aromatic carbocycles. The lowest BCUT2D eigenvalue weighted by Crippen LogP contribution is -2.54. The number of pyridine rings is 1. The van der Waals surface area contributed by atoms with Gasteiger partial charge in [0, 0.05) is 31.7 Å². The molecule has 1 amide bonds. The number of ether oxygens (including phenoxy) is 1. The lowest BCUT2D eigenvalue weighted by molar-refractivity contribution is -0.575. The minimum absolute atomic E-state index is 0.0834. The zero-order chi connectivity index (χ0) is 24.5. The van der Waals surface area contributed by atoms with Gasteiger partial charge in [-0.2, -0.15) is 4.73 Å². The normalized spacial score (nSPS) is 21.2. The van der Waals surface area contributed by atoms with E-state index in [1.54, 1.807) is 6.20 Å². The number of rotatable bonds is 7. The average Bonchev–Trinajstić information content (AvgIpc) is 3.13. The van der Waals surface area contributed by atoms with Crippen molar-refractivity contribution in [2.75, 3.05) is 6.61 Å². The smallest absolute Gasteiger partial charge is 0.404 e. The van der Waals surface area contributed by atoms with Gasteiger partial charge in [-0.1, -0.05) is 39.8 Å². The lowest BCUT2D eigenvalue weighted by atomic mass is 9.68. The van der Waals surface area contributed by atoms with Crippen molar-refractivity contribution in [3.8, 4) is 0 Å². The summed E-state index contributed by atoms with van der Waals surface area (Å²) in [5, 5.41) is 25.3. The number of hydrogen-bond acceptors (Lipinski definition) is 4. The van der Waals surface area contributed by atoms with Gasteiger partial charge in [0.2, 0.25) is 11.7 Å². The van der Waals surface area contributed by atoms with Crippen molar-refractivity contribution in [2.45, 2.75) is 84.4 Å². The van der Waals surface area contributed by atoms with Crippen molar-refractivity contribution in [2.24, 2.45) is 5.41 Å². The summed E-state index contributed by atoms with van der Waals surface area (Å²) in [6.07, 6.45) is 5.54.